The quantitative estimate of drug-likeness (QED) is 0.760. The summed E-state index contributed by atoms with van der Waals surface area (Å²) in [4.78, 5) is 13.8. The molecule has 0 radical (unpaired) electrons. The molecule has 128 valence electrons. The van der Waals surface area contributed by atoms with Gasteiger partial charge in [-0.2, -0.15) is 0 Å². The molecule has 2 unspecified atom stereocenters. The Kier molecular flexibility index (Phi) is 17.0. The average Bonchev–Trinajstić information content (AvgIpc) is 3.03. The van der Waals surface area contributed by atoms with Crippen LogP contribution in [-0.4, -0.2) is 50.1 Å². The maximum atomic E-state index is 11.5. The molecule has 1 aliphatic rings. The Morgan fingerprint density at radius 3 is 2.33 bits per heavy atom. The monoisotopic (exact) mass is 301 g/mol. The van der Waals surface area contributed by atoms with Crippen LogP contribution in [0, 0.1) is 0 Å². The van der Waals surface area contributed by atoms with Crippen LogP contribution in [0.4, 0.5) is 0 Å². The zero-order valence-electron chi connectivity index (χ0n) is 15.5. The number of carbonyl (C=O) groups excluding carboxylic acids is 1. The molecule has 2 N–H and O–H groups in total. The highest BCUT2D eigenvalue weighted by Gasteiger charge is 2.27. The highest BCUT2D eigenvalue weighted by atomic mass is 16.2. The van der Waals surface area contributed by atoms with E-state index in [-0.39, 0.29) is 11.9 Å². The summed E-state index contributed by atoms with van der Waals surface area (Å²) in [6.07, 6.45) is 5.77. The van der Waals surface area contributed by atoms with E-state index in [2.05, 4.69) is 29.5 Å². The Bertz CT molecular complexity index is 234. The summed E-state index contributed by atoms with van der Waals surface area (Å²) >= 11 is 0. The van der Waals surface area contributed by atoms with Crippen molar-refractivity contribution in [2.24, 2.45) is 0 Å². The van der Waals surface area contributed by atoms with Crippen molar-refractivity contribution < 1.29 is 4.79 Å². The van der Waals surface area contributed by atoms with Gasteiger partial charge in [0.2, 0.25) is 5.91 Å². The van der Waals surface area contributed by atoms with Crippen molar-refractivity contribution in [2.75, 3.05) is 27.2 Å². The largest absolute Gasteiger partial charge is 0.358 e. The van der Waals surface area contributed by atoms with Crippen LogP contribution in [0.2, 0.25) is 0 Å². The maximum Gasteiger partial charge on any atom is 0.236 e. The van der Waals surface area contributed by atoms with Gasteiger partial charge in [0.1, 0.15) is 0 Å². The smallest absolute Gasteiger partial charge is 0.236 e. The molecule has 1 amide bonds. The standard InChI is InChI=1S/C13H27N3O.2C2H6/c1-4-5-9-16(3)10-8-11-6-7-12(15-11)13(17)14-2;2*1-2/h11-12,15H,4-10H2,1-3H3,(H,14,17);2*1-2H3. The van der Waals surface area contributed by atoms with Crippen molar-refractivity contribution in [2.45, 2.75) is 78.8 Å². The summed E-state index contributed by atoms with van der Waals surface area (Å²) in [6.45, 7) is 12.5. The molecule has 1 rings (SSSR count). The zero-order chi connectivity index (χ0) is 16.7. The lowest BCUT2D eigenvalue weighted by atomic mass is 10.1. The molecule has 2 atom stereocenters. The Morgan fingerprint density at radius 1 is 1.19 bits per heavy atom. The van der Waals surface area contributed by atoms with Crippen LogP contribution in [0.15, 0.2) is 0 Å². The SMILES string of the molecule is CC.CC.CCCCN(C)CCC1CCC(C(=O)NC)N1. The number of unbranched alkanes of at least 4 members (excludes halogenated alkanes) is 1. The summed E-state index contributed by atoms with van der Waals surface area (Å²) in [5.74, 6) is 0.131. The number of hydrogen-bond acceptors (Lipinski definition) is 3. The third kappa shape index (κ3) is 10.7. The van der Waals surface area contributed by atoms with Gasteiger partial charge >= 0.3 is 0 Å². The van der Waals surface area contributed by atoms with E-state index in [1.807, 2.05) is 27.7 Å². The second-order valence-corrected chi connectivity index (χ2v) is 5.05. The number of carbonyl (C=O) groups is 1. The predicted octanol–water partition coefficient (Wildman–Crippen LogP) is 3.03. The zero-order valence-corrected chi connectivity index (χ0v) is 15.5. The molecule has 1 aliphatic heterocycles. The number of nitrogens with one attached hydrogen (secondary N) is 2. The first kappa shape index (κ1) is 22.7. The maximum absolute atomic E-state index is 11.5. The molecule has 0 bridgehead atoms. The predicted molar refractivity (Wildman–Crippen MR) is 93.7 cm³/mol. The summed E-state index contributed by atoms with van der Waals surface area (Å²) < 4.78 is 0. The highest BCUT2D eigenvalue weighted by molar-refractivity contribution is 5.81. The fourth-order valence-corrected chi connectivity index (χ4v) is 2.34. The molecule has 0 aromatic heterocycles. The Hall–Kier alpha value is -0.610. The molecule has 4 heteroatoms. The van der Waals surface area contributed by atoms with Crippen LogP contribution in [0.5, 0.6) is 0 Å². The second kappa shape index (κ2) is 15.8. The van der Waals surface area contributed by atoms with Crippen LogP contribution < -0.4 is 10.6 Å². The van der Waals surface area contributed by atoms with Crippen LogP contribution in [-0.2, 0) is 4.79 Å². The molecule has 0 aromatic rings. The number of rotatable bonds is 7. The molecule has 0 aromatic carbocycles. The average molecular weight is 302 g/mol. The van der Waals surface area contributed by atoms with Gasteiger partial charge in [-0.1, -0.05) is 41.0 Å². The van der Waals surface area contributed by atoms with Gasteiger partial charge in [0.05, 0.1) is 6.04 Å². The summed E-state index contributed by atoms with van der Waals surface area (Å²) in [7, 11) is 3.89. The normalized spacial score (nSPS) is 20.2. The third-order valence-corrected chi connectivity index (χ3v) is 3.56. The minimum absolute atomic E-state index is 0.0333. The first-order valence-corrected chi connectivity index (χ1v) is 8.83. The van der Waals surface area contributed by atoms with E-state index < -0.39 is 0 Å². The van der Waals surface area contributed by atoms with E-state index >= 15 is 0 Å². The first-order valence-electron chi connectivity index (χ1n) is 8.83. The minimum atomic E-state index is 0.0333. The van der Waals surface area contributed by atoms with Gasteiger partial charge in [-0.05, 0) is 45.8 Å². The molecule has 0 saturated carbocycles. The molecule has 1 fully saturated rings. The number of likely N-dealkylation sites (N-methyl/N-ethyl adjacent to an activating group) is 1. The molecule has 4 nitrogen and oxygen atoms in total. The van der Waals surface area contributed by atoms with E-state index in [0.29, 0.717) is 6.04 Å². The van der Waals surface area contributed by atoms with Crippen LogP contribution in [0.25, 0.3) is 0 Å². The fraction of sp³-hybridized carbons (Fsp3) is 0.941. The molecule has 1 heterocycles. The van der Waals surface area contributed by atoms with Gasteiger partial charge in [-0.3, -0.25) is 4.79 Å². The molecule has 21 heavy (non-hydrogen) atoms. The lowest BCUT2D eigenvalue weighted by Crippen LogP contribution is -2.42. The molecular formula is C17H39N3O. The minimum Gasteiger partial charge on any atom is -0.358 e. The summed E-state index contributed by atoms with van der Waals surface area (Å²) in [5.41, 5.74) is 0. The Morgan fingerprint density at radius 2 is 1.81 bits per heavy atom. The summed E-state index contributed by atoms with van der Waals surface area (Å²) in [5, 5.41) is 6.12. The second-order valence-electron chi connectivity index (χ2n) is 5.05. The lowest BCUT2D eigenvalue weighted by molar-refractivity contribution is -0.122. The van der Waals surface area contributed by atoms with Gasteiger partial charge in [-0.15, -0.1) is 0 Å². The third-order valence-electron chi connectivity index (χ3n) is 3.56. The van der Waals surface area contributed by atoms with Gasteiger partial charge in [0.15, 0.2) is 0 Å². The van der Waals surface area contributed by atoms with Crippen molar-refractivity contribution >= 4 is 5.91 Å². The number of nitrogens with zero attached hydrogens (tertiary/aromatic N) is 1. The van der Waals surface area contributed by atoms with Gasteiger partial charge in [0, 0.05) is 13.1 Å². The topological polar surface area (TPSA) is 44.4 Å². The van der Waals surface area contributed by atoms with Crippen molar-refractivity contribution in [1.29, 1.82) is 0 Å². The Labute approximate surface area is 133 Å². The van der Waals surface area contributed by atoms with Crippen molar-refractivity contribution in [3.05, 3.63) is 0 Å². The van der Waals surface area contributed by atoms with Gasteiger partial charge in [-0.25, -0.2) is 0 Å². The van der Waals surface area contributed by atoms with Crippen molar-refractivity contribution in [3.63, 3.8) is 0 Å². The summed E-state index contributed by atoms with van der Waals surface area (Å²) in [6, 6.07) is 0.548. The first-order chi connectivity index (χ1) is 10.2. The van der Waals surface area contributed by atoms with Crippen LogP contribution in [0.1, 0.15) is 66.7 Å². The van der Waals surface area contributed by atoms with Gasteiger partial charge in [0.25, 0.3) is 0 Å². The molecule has 1 saturated heterocycles. The number of amides is 1. The van der Waals surface area contributed by atoms with E-state index in [1.54, 1.807) is 7.05 Å². The number of hydrogen-bond donors (Lipinski definition) is 2. The van der Waals surface area contributed by atoms with Crippen LogP contribution in [0.3, 0.4) is 0 Å². The van der Waals surface area contributed by atoms with Crippen LogP contribution >= 0.6 is 0 Å². The van der Waals surface area contributed by atoms with Crippen molar-refractivity contribution in [1.82, 2.24) is 15.5 Å². The molecule has 0 aliphatic carbocycles. The lowest BCUT2D eigenvalue weighted by Gasteiger charge is -2.19. The molecule has 0 spiro atoms. The highest BCUT2D eigenvalue weighted by Crippen LogP contribution is 2.15. The van der Waals surface area contributed by atoms with E-state index in [9.17, 15) is 4.79 Å². The van der Waals surface area contributed by atoms with E-state index in [0.717, 1.165) is 25.8 Å². The van der Waals surface area contributed by atoms with E-state index in [1.165, 1.54) is 19.4 Å². The van der Waals surface area contributed by atoms with Gasteiger partial charge < -0.3 is 15.5 Å². The fourth-order valence-electron chi connectivity index (χ4n) is 2.34. The van der Waals surface area contributed by atoms with E-state index in [4.69, 9.17) is 0 Å². The Balaban J connectivity index is 0. The molecular weight excluding hydrogens is 262 g/mol. The van der Waals surface area contributed by atoms with Crippen molar-refractivity contribution in [3.8, 4) is 0 Å².